The molecule has 0 fully saturated rings. The van der Waals surface area contributed by atoms with Crippen molar-refractivity contribution < 1.29 is 35.8 Å². The summed E-state index contributed by atoms with van der Waals surface area (Å²) in [6, 6.07) is 4.73. The number of hydrogen-bond acceptors (Lipinski definition) is 6. The maximum atomic E-state index is 12.9. The third-order valence-corrected chi connectivity index (χ3v) is 6.53. The number of halogens is 4. The molecule has 0 bridgehead atoms. The van der Waals surface area contributed by atoms with Crippen molar-refractivity contribution in [1.29, 1.82) is 0 Å². The number of benzene rings is 1. The van der Waals surface area contributed by atoms with Gasteiger partial charge in [0.15, 0.2) is 0 Å². The number of ether oxygens (including phenoxy) is 3. The van der Waals surface area contributed by atoms with Crippen LogP contribution in [0.2, 0.25) is 5.02 Å². The van der Waals surface area contributed by atoms with Crippen molar-refractivity contribution in [2.24, 2.45) is 0 Å². The molecule has 1 heterocycles. The molecule has 0 saturated heterocycles. The normalized spacial score (nSPS) is 13.0. The standard InChI is InChI=1S/C22H28ClF3N2O5S/c1-4-5-6-11-34(29,30)28-15(2)18-8-7-17(32-10-9-31-3)13-20(18)33-21-19(23)12-16(14-27-21)22(24,25)26/h7-8,12-15,28H,4-6,9-11H2,1-3H3. The Morgan fingerprint density at radius 2 is 1.91 bits per heavy atom. The number of methoxy groups -OCH3 is 1. The molecule has 34 heavy (non-hydrogen) atoms. The Hall–Kier alpha value is -2.08. The monoisotopic (exact) mass is 524 g/mol. The van der Waals surface area contributed by atoms with Gasteiger partial charge in [0.1, 0.15) is 23.1 Å². The van der Waals surface area contributed by atoms with Crippen LogP contribution in [0.15, 0.2) is 30.5 Å². The topological polar surface area (TPSA) is 86.8 Å². The SMILES string of the molecule is CCCCCS(=O)(=O)NC(C)c1ccc(OCCOC)cc1Oc1ncc(C(F)(F)F)cc1Cl. The zero-order chi connectivity index (χ0) is 25.4. The van der Waals surface area contributed by atoms with Crippen LogP contribution in [0, 0.1) is 0 Å². The van der Waals surface area contributed by atoms with E-state index in [4.69, 9.17) is 25.8 Å². The molecular weight excluding hydrogens is 497 g/mol. The Morgan fingerprint density at radius 3 is 2.53 bits per heavy atom. The van der Waals surface area contributed by atoms with Gasteiger partial charge in [0.2, 0.25) is 15.9 Å². The van der Waals surface area contributed by atoms with E-state index < -0.39 is 27.8 Å². The van der Waals surface area contributed by atoms with Crippen molar-refractivity contribution in [2.45, 2.75) is 45.3 Å². The quantitative estimate of drug-likeness (QED) is 0.336. The predicted octanol–water partition coefficient (Wildman–Crippen LogP) is 5.74. The number of sulfonamides is 1. The van der Waals surface area contributed by atoms with Crippen LogP contribution in [0.1, 0.15) is 50.3 Å². The summed E-state index contributed by atoms with van der Waals surface area (Å²) in [6.07, 6.45) is -1.80. The van der Waals surface area contributed by atoms with E-state index in [1.807, 2.05) is 6.92 Å². The van der Waals surface area contributed by atoms with Crippen molar-refractivity contribution >= 4 is 21.6 Å². The highest BCUT2D eigenvalue weighted by atomic mass is 35.5. The second-order valence-electron chi connectivity index (χ2n) is 7.52. The molecular formula is C22H28ClF3N2O5S. The van der Waals surface area contributed by atoms with Crippen LogP contribution in [-0.2, 0) is 20.9 Å². The average Bonchev–Trinajstić information content (AvgIpc) is 2.74. The fourth-order valence-electron chi connectivity index (χ4n) is 2.99. The Balaban J connectivity index is 2.34. The molecule has 0 aliphatic carbocycles. The van der Waals surface area contributed by atoms with Gasteiger partial charge in [-0.25, -0.2) is 18.1 Å². The molecule has 1 aromatic carbocycles. The van der Waals surface area contributed by atoms with E-state index >= 15 is 0 Å². The average molecular weight is 525 g/mol. The van der Waals surface area contributed by atoms with Crippen LogP contribution in [-0.4, -0.2) is 39.5 Å². The molecule has 1 N–H and O–H groups in total. The summed E-state index contributed by atoms with van der Waals surface area (Å²) >= 11 is 5.99. The lowest BCUT2D eigenvalue weighted by molar-refractivity contribution is -0.137. The molecule has 0 aliphatic heterocycles. The minimum atomic E-state index is -4.61. The summed E-state index contributed by atoms with van der Waals surface area (Å²) < 4.78 is 82.6. The fraction of sp³-hybridized carbons (Fsp3) is 0.500. The minimum Gasteiger partial charge on any atom is -0.491 e. The van der Waals surface area contributed by atoms with Gasteiger partial charge in [-0.05, 0) is 25.5 Å². The lowest BCUT2D eigenvalue weighted by Gasteiger charge is -2.20. The number of alkyl halides is 3. The second-order valence-corrected chi connectivity index (χ2v) is 9.80. The largest absolute Gasteiger partial charge is 0.491 e. The molecule has 0 amide bonds. The van der Waals surface area contributed by atoms with Crippen LogP contribution >= 0.6 is 11.6 Å². The van der Waals surface area contributed by atoms with E-state index in [2.05, 4.69) is 9.71 Å². The van der Waals surface area contributed by atoms with E-state index in [1.165, 1.54) is 13.2 Å². The fourth-order valence-corrected chi connectivity index (χ4v) is 4.56. The number of unbranched alkanes of at least 4 members (excludes halogenated alkanes) is 2. The highest BCUT2D eigenvalue weighted by Gasteiger charge is 2.32. The number of nitrogens with one attached hydrogen (secondary N) is 1. The second kappa shape index (κ2) is 12.6. The van der Waals surface area contributed by atoms with E-state index in [1.54, 1.807) is 19.1 Å². The van der Waals surface area contributed by atoms with Crippen molar-refractivity contribution in [2.75, 3.05) is 26.1 Å². The smallest absolute Gasteiger partial charge is 0.417 e. The summed E-state index contributed by atoms with van der Waals surface area (Å²) in [5, 5.41) is -0.348. The van der Waals surface area contributed by atoms with Gasteiger partial charge in [-0.2, -0.15) is 13.2 Å². The highest BCUT2D eigenvalue weighted by molar-refractivity contribution is 7.89. The van der Waals surface area contributed by atoms with Gasteiger partial charge in [-0.15, -0.1) is 0 Å². The molecule has 2 rings (SSSR count). The maximum absolute atomic E-state index is 12.9. The van der Waals surface area contributed by atoms with Gasteiger partial charge < -0.3 is 14.2 Å². The third kappa shape index (κ3) is 8.61. The molecule has 1 unspecified atom stereocenters. The van der Waals surface area contributed by atoms with Gasteiger partial charge >= 0.3 is 6.18 Å². The lowest BCUT2D eigenvalue weighted by Crippen LogP contribution is -2.29. The van der Waals surface area contributed by atoms with Crippen LogP contribution in [0.25, 0.3) is 0 Å². The highest BCUT2D eigenvalue weighted by Crippen LogP contribution is 2.38. The van der Waals surface area contributed by atoms with E-state index in [0.717, 1.165) is 12.8 Å². The molecule has 1 aromatic heterocycles. The molecule has 0 radical (unpaired) electrons. The van der Waals surface area contributed by atoms with Crippen molar-refractivity contribution in [3.05, 3.63) is 46.6 Å². The first-order valence-corrected chi connectivity index (χ1v) is 12.7. The van der Waals surface area contributed by atoms with Gasteiger partial charge in [0.05, 0.1) is 17.9 Å². The Morgan fingerprint density at radius 1 is 1.18 bits per heavy atom. The summed E-state index contributed by atoms with van der Waals surface area (Å²) in [5.41, 5.74) is -0.592. The lowest BCUT2D eigenvalue weighted by atomic mass is 10.1. The zero-order valence-corrected chi connectivity index (χ0v) is 20.7. The van der Waals surface area contributed by atoms with Crippen LogP contribution < -0.4 is 14.2 Å². The van der Waals surface area contributed by atoms with Crippen molar-refractivity contribution in [1.82, 2.24) is 9.71 Å². The van der Waals surface area contributed by atoms with Gasteiger partial charge in [0, 0.05) is 31.0 Å². The maximum Gasteiger partial charge on any atom is 0.417 e. The molecule has 1 atom stereocenters. The molecule has 190 valence electrons. The van der Waals surface area contributed by atoms with Crippen molar-refractivity contribution in [3.63, 3.8) is 0 Å². The van der Waals surface area contributed by atoms with Crippen molar-refractivity contribution in [3.8, 4) is 17.4 Å². The van der Waals surface area contributed by atoms with Gasteiger partial charge in [-0.1, -0.05) is 37.4 Å². The van der Waals surface area contributed by atoms with E-state index in [9.17, 15) is 21.6 Å². The third-order valence-electron chi connectivity index (χ3n) is 4.72. The number of nitrogens with zero attached hydrogens (tertiary/aromatic N) is 1. The number of pyridine rings is 1. The summed E-state index contributed by atoms with van der Waals surface area (Å²) in [7, 11) is -2.05. The summed E-state index contributed by atoms with van der Waals surface area (Å²) in [5.74, 6) is 0.235. The number of hydrogen-bond donors (Lipinski definition) is 1. The Labute approximate surface area is 202 Å². The minimum absolute atomic E-state index is 0.0220. The Kier molecular flexibility index (Phi) is 10.4. The van der Waals surface area contributed by atoms with Crippen LogP contribution in [0.3, 0.4) is 0 Å². The van der Waals surface area contributed by atoms with Crippen LogP contribution in [0.4, 0.5) is 13.2 Å². The predicted molar refractivity (Wildman–Crippen MR) is 123 cm³/mol. The number of aromatic nitrogens is 1. The molecule has 7 nitrogen and oxygen atoms in total. The van der Waals surface area contributed by atoms with Gasteiger partial charge in [-0.3, -0.25) is 0 Å². The summed E-state index contributed by atoms with van der Waals surface area (Å²) in [6.45, 7) is 4.18. The molecule has 0 saturated carbocycles. The van der Waals surface area contributed by atoms with Gasteiger partial charge in [0.25, 0.3) is 0 Å². The zero-order valence-electron chi connectivity index (χ0n) is 19.1. The first-order valence-electron chi connectivity index (χ1n) is 10.6. The first-order chi connectivity index (χ1) is 16.0. The number of rotatable bonds is 13. The molecule has 12 heteroatoms. The molecule has 2 aromatic rings. The van der Waals surface area contributed by atoms with E-state index in [0.29, 0.717) is 36.6 Å². The molecule has 0 spiro atoms. The van der Waals surface area contributed by atoms with Crippen LogP contribution in [0.5, 0.6) is 17.4 Å². The first kappa shape index (κ1) is 28.2. The molecule has 0 aliphatic rings. The summed E-state index contributed by atoms with van der Waals surface area (Å²) in [4.78, 5) is 3.70. The van der Waals surface area contributed by atoms with E-state index in [-0.39, 0.29) is 29.0 Å². The Bertz CT molecular complexity index is 1050.